The number of ether oxygens (including phenoxy) is 1. The number of nitrogens with zero attached hydrogens (tertiary/aromatic N) is 3. The van der Waals surface area contributed by atoms with Crippen molar-refractivity contribution in [3.8, 4) is 5.75 Å². The van der Waals surface area contributed by atoms with Gasteiger partial charge in [0.05, 0.1) is 21.6 Å². The number of benzene rings is 3. The first kappa shape index (κ1) is 24.6. The number of aromatic nitrogens is 2. The van der Waals surface area contributed by atoms with Gasteiger partial charge >= 0.3 is 0 Å². The molecule has 0 bridgehead atoms. The van der Waals surface area contributed by atoms with Crippen LogP contribution in [0.4, 0.5) is 4.39 Å². The van der Waals surface area contributed by atoms with Crippen LogP contribution in [0.5, 0.6) is 5.75 Å². The monoisotopic (exact) mass is 605 g/mol. The average molecular weight is 608 g/mol. The van der Waals surface area contributed by atoms with Gasteiger partial charge in [0.2, 0.25) is 0 Å². The largest absolute Gasteiger partial charge is 0.487 e. The highest BCUT2D eigenvalue weighted by atomic mass is 79.9. The number of halogens is 4. The van der Waals surface area contributed by atoms with Crippen molar-refractivity contribution < 1.29 is 9.13 Å². The Morgan fingerprint density at radius 1 is 1.18 bits per heavy atom. The quantitative estimate of drug-likeness (QED) is 0.216. The zero-order valence-corrected chi connectivity index (χ0v) is 22.2. The standard InChI is InChI=1S/C25H19Br2ClFN3O2/c1-14(2)24-31-22-7-6-17(26)10-20(22)25(33)32(24)30-12-16-9-18(28)11-21(27)23(16)34-13-15-4-3-5-19(29)8-15/h3-12,14H,13H2,1-2H3. The molecule has 9 heteroatoms. The first-order valence-corrected chi connectivity index (χ1v) is 12.3. The average Bonchev–Trinajstić information content (AvgIpc) is 2.78. The fourth-order valence-electron chi connectivity index (χ4n) is 3.38. The van der Waals surface area contributed by atoms with Gasteiger partial charge in [-0.15, -0.1) is 0 Å². The maximum Gasteiger partial charge on any atom is 0.282 e. The van der Waals surface area contributed by atoms with Crippen molar-refractivity contribution in [1.29, 1.82) is 0 Å². The van der Waals surface area contributed by atoms with Gasteiger partial charge in [-0.25, -0.2) is 9.37 Å². The van der Waals surface area contributed by atoms with Crippen LogP contribution in [0.3, 0.4) is 0 Å². The molecule has 0 unspecified atom stereocenters. The zero-order chi connectivity index (χ0) is 24.4. The molecule has 0 N–H and O–H groups in total. The molecule has 0 saturated heterocycles. The molecule has 174 valence electrons. The molecule has 0 aliphatic heterocycles. The lowest BCUT2D eigenvalue weighted by Gasteiger charge is -2.14. The lowest BCUT2D eigenvalue weighted by atomic mass is 10.2. The van der Waals surface area contributed by atoms with Gasteiger partial charge < -0.3 is 4.74 Å². The fourth-order valence-corrected chi connectivity index (χ4v) is 4.69. The summed E-state index contributed by atoms with van der Waals surface area (Å²) in [6.45, 7) is 4.03. The molecule has 0 atom stereocenters. The molecule has 0 spiro atoms. The summed E-state index contributed by atoms with van der Waals surface area (Å²) in [5.74, 6) is 0.606. The van der Waals surface area contributed by atoms with E-state index in [1.54, 1.807) is 36.4 Å². The molecule has 0 radical (unpaired) electrons. The SMILES string of the molecule is CC(C)c1nc2ccc(Br)cc2c(=O)n1N=Cc1cc(Cl)cc(Br)c1OCc1cccc(F)c1. The van der Waals surface area contributed by atoms with Gasteiger partial charge in [-0.05, 0) is 64.0 Å². The predicted molar refractivity (Wildman–Crippen MR) is 141 cm³/mol. The topological polar surface area (TPSA) is 56.5 Å². The number of rotatable bonds is 6. The number of fused-ring (bicyclic) bond motifs is 1. The van der Waals surface area contributed by atoms with Gasteiger partial charge in [-0.2, -0.15) is 9.78 Å². The Bertz CT molecular complexity index is 1470. The van der Waals surface area contributed by atoms with E-state index in [2.05, 4.69) is 41.9 Å². The number of hydrogen-bond donors (Lipinski definition) is 0. The molecule has 0 aliphatic rings. The van der Waals surface area contributed by atoms with Gasteiger partial charge in [-0.3, -0.25) is 4.79 Å². The third-order valence-corrected chi connectivity index (χ3v) is 6.27. The molecular formula is C25H19Br2ClFN3O2. The Labute approximate surface area is 217 Å². The van der Waals surface area contributed by atoms with E-state index in [0.717, 1.165) is 4.47 Å². The molecular weight excluding hydrogens is 589 g/mol. The van der Waals surface area contributed by atoms with Crippen LogP contribution >= 0.6 is 43.5 Å². The second-order valence-corrected chi connectivity index (χ2v) is 10.1. The van der Waals surface area contributed by atoms with E-state index in [-0.39, 0.29) is 23.9 Å². The minimum Gasteiger partial charge on any atom is -0.487 e. The normalized spacial score (nSPS) is 11.6. The predicted octanol–water partition coefficient (Wildman–Crippen LogP) is 7.30. The number of hydrogen-bond acceptors (Lipinski definition) is 4. The van der Waals surface area contributed by atoms with E-state index >= 15 is 0 Å². The maximum atomic E-state index is 13.5. The van der Waals surface area contributed by atoms with Crippen molar-refractivity contribution in [2.75, 3.05) is 0 Å². The first-order valence-electron chi connectivity index (χ1n) is 10.4. The summed E-state index contributed by atoms with van der Waals surface area (Å²) in [4.78, 5) is 17.9. The summed E-state index contributed by atoms with van der Waals surface area (Å²) in [6.07, 6.45) is 1.51. The van der Waals surface area contributed by atoms with Crippen LogP contribution in [0.1, 0.15) is 36.7 Å². The summed E-state index contributed by atoms with van der Waals surface area (Å²) in [7, 11) is 0. The third-order valence-electron chi connectivity index (χ3n) is 4.97. The van der Waals surface area contributed by atoms with Crippen LogP contribution in [0.2, 0.25) is 5.02 Å². The highest BCUT2D eigenvalue weighted by molar-refractivity contribution is 9.10. The third kappa shape index (κ3) is 5.40. The Kier molecular flexibility index (Phi) is 7.50. The molecule has 0 saturated carbocycles. The molecule has 4 aromatic rings. The molecule has 0 fully saturated rings. The Balaban J connectivity index is 1.77. The van der Waals surface area contributed by atoms with Gasteiger partial charge in [0.1, 0.15) is 24.0 Å². The Morgan fingerprint density at radius 2 is 1.97 bits per heavy atom. The van der Waals surface area contributed by atoms with Crippen LogP contribution < -0.4 is 10.3 Å². The Hall–Kier alpha value is -2.55. The van der Waals surface area contributed by atoms with Gasteiger partial charge in [0.25, 0.3) is 5.56 Å². The second-order valence-electron chi connectivity index (χ2n) is 7.87. The van der Waals surface area contributed by atoms with Crippen LogP contribution in [-0.2, 0) is 6.61 Å². The van der Waals surface area contributed by atoms with Crippen molar-refractivity contribution in [1.82, 2.24) is 9.66 Å². The highest BCUT2D eigenvalue weighted by Gasteiger charge is 2.15. The van der Waals surface area contributed by atoms with Crippen LogP contribution in [0.25, 0.3) is 10.9 Å². The molecule has 3 aromatic carbocycles. The molecule has 1 aromatic heterocycles. The molecule has 0 aliphatic carbocycles. The molecule has 5 nitrogen and oxygen atoms in total. The van der Waals surface area contributed by atoms with Crippen LogP contribution in [-0.4, -0.2) is 15.9 Å². The fraction of sp³-hybridized carbons (Fsp3) is 0.160. The van der Waals surface area contributed by atoms with Gasteiger partial charge in [0.15, 0.2) is 0 Å². The van der Waals surface area contributed by atoms with Crippen LogP contribution in [0, 0.1) is 5.82 Å². The minimum absolute atomic E-state index is 0.0484. The highest BCUT2D eigenvalue weighted by Crippen LogP contribution is 2.32. The summed E-state index contributed by atoms with van der Waals surface area (Å²) < 4.78 is 22.2. The van der Waals surface area contributed by atoms with Gasteiger partial charge in [0, 0.05) is 21.0 Å². The summed E-state index contributed by atoms with van der Waals surface area (Å²) in [6, 6.07) is 14.9. The molecule has 0 amide bonds. The summed E-state index contributed by atoms with van der Waals surface area (Å²) >= 11 is 13.1. The summed E-state index contributed by atoms with van der Waals surface area (Å²) in [5.41, 5.74) is 1.54. The first-order chi connectivity index (χ1) is 16.2. The minimum atomic E-state index is -0.339. The van der Waals surface area contributed by atoms with E-state index < -0.39 is 0 Å². The van der Waals surface area contributed by atoms with Crippen molar-refractivity contribution in [3.05, 3.63) is 102 Å². The molecule has 34 heavy (non-hydrogen) atoms. The van der Waals surface area contributed by atoms with Crippen LogP contribution in [0.15, 0.2) is 73.4 Å². The zero-order valence-electron chi connectivity index (χ0n) is 18.2. The van der Waals surface area contributed by atoms with E-state index in [9.17, 15) is 9.18 Å². The van der Waals surface area contributed by atoms with Gasteiger partial charge in [-0.1, -0.05) is 53.5 Å². The maximum absolute atomic E-state index is 13.5. The van der Waals surface area contributed by atoms with E-state index in [0.29, 0.717) is 43.1 Å². The van der Waals surface area contributed by atoms with E-state index in [4.69, 9.17) is 16.3 Å². The molecule has 1 heterocycles. The van der Waals surface area contributed by atoms with E-state index in [1.165, 1.54) is 23.0 Å². The van der Waals surface area contributed by atoms with Crippen molar-refractivity contribution >= 4 is 60.6 Å². The lowest BCUT2D eigenvalue weighted by Crippen LogP contribution is -2.23. The summed E-state index contributed by atoms with van der Waals surface area (Å²) in [5, 5.41) is 5.38. The van der Waals surface area contributed by atoms with E-state index in [1.807, 2.05) is 19.9 Å². The Morgan fingerprint density at radius 3 is 2.71 bits per heavy atom. The van der Waals surface area contributed by atoms with Crippen molar-refractivity contribution in [2.45, 2.75) is 26.4 Å². The second kappa shape index (κ2) is 10.4. The van der Waals surface area contributed by atoms with Crippen molar-refractivity contribution in [3.63, 3.8) is 0 Å². The lowest BCUT2D eigenvalue weighted by molar-refractivity contribution is 0.303. The molecule has 4 rings (SSSR count). The van der Waals surface area contributed by atoms with Crippen molar-refractivity contribution in [2.24, 2.45) is 5.10 Å². The smallest absolute Gasteiger partial charge is 0.282 e.